The normalized spacial score (nSPS) is 28.8. The van der Waals surface area contributed by atoms with Crippen molar-refractivity contribution in [2.75, 3.05) is 33.2 Å². The number of hydrogen-bond donors (Lipinski definition) is 2. The number of carbonyl (C=O) groups excluding carboxylic acids is 1. The van der Waals surface area contributed by atoms with Gasteiger partial charge in [0.2, 0.25) is 5.91 Å². The number of amides is 1. The van der Waals surface area contributed by atoms with E-state index in [1.54, 1.807) is 0 Å². The Labute approximate surface area is 145 Å². The second-order valence-electron chi connectivity index (χ2n) is 7.22. The molecule has 1 amide bonds. The highest BCUT2D eigenvalue weighted by molar-refractivity contribution is 5.86. The molecule has 1 aliphatic heterocycles. The minimum absolute atomic E-state index is 0.252. The zero-order chi connectivity index (χ0) is 17.0. The molecule has 1 aliphatic carbocycles. The number of nitrogens with one attached hydrogen (secondary N) is 1. The van der Waals surface area contributed by atoms with Crippen molar-refractivity contribution >= 4 is 5.91 Å². The molecule has 1 saturated heterocycles. The van der Waals surface area contributed by atoms with E-state index in [1.165, 1.54) is 5.56 Å². The van der Waals surface area contributed by atoms with Crippen molar-refractivity contribution in [3.05, 3.63) is 35.9 Å². The van der Waals surface area contributed by atoms with Crippen molar-refractivity contribution in [1.29, 1.82) is 0 Å². The second-order valence-corrected chi connectivity index (χ2v) is 7.22. The van der Waals surface area contributed by atoms with Gasteiger partial charge in [0, 0.05) is 38.8 Å². The first-order chi connectivity index (χ1) is 11.6. The van der Waals surface area contributed by atoms with E-state index >= 15 is 0 Å². The smallest absolute Gasteiger partial charge is 0.242 e. The van der Waals surface area contributed by atoms with E-state index in [2.05, 4.69) is 39.4 Å². The Kier molecular flexibility index (Phi) is 5.54. The lowest BCUT2D eigenvalue weighted by molar-refractivity contribution is -0.141. The summed E-state index contributed by atoms with van der Waals surface area (Å²) >= 11 is 0. The van der Waals surface area contributed by atoms with Gasteiger partial charge in [0.25, 0.3) is 0 Å². The van der Waals surface area contributed by atoms with Crippen LogP contribution in [0.4, 0.5) is 0 Å². The van der Waals surface area contributed by atoms with Crippen LogP contribution in [-0.4, -0.2) is 60.5 Å². The maximum absolute atomic E-state index is 13.1. The molecule has 1 heterocycles. The Morgan fingerprint density at radius 2 is 1.79 bits per heavy atom. The Morgan fingerprint density at radius 3 is 2.38 bits per heavy atom. The molecular weight excluding hydrogens is 300 g/mol. The van der Waals surface area contributed by atoms with Crippen molar-refractivity contribution in [2.24, 2.45) is 5.73 Å². The van der Waals surface area contributed by atoms with Crippen molar-refractivity contribution in [1.82, 2.24) is 15.1 Å². The first-order valence-electron chi connectivity index (χ1n) is 9.13. The third-order valence-corrected chi connectivity index (χ3v) is 5.68. The summed E-state index contributed by atoms with van der Waals surface area (Å²) in [6.45, 7) is 4.50. The van der Waals surface area contributed by atoms with Crippen LogP contribution in [0.1, 0.15) is 31.2 Å². The van der Waals surface area contributed by atoms with Gasteiger partial charge in [-0.1, -0.05) is 30.3 Å². The second kappa shape index (κ2) is 7.64. The summed E-state index contributed by atoms with van der Waals surface area (Å²) in [4.78, 5) is 17.6. The SMILES string of the molecule is CNC1(C(=O)N2CCN(Cc3ccccc3)CC2)CCC(N)CC1. The molecule has 3 N–H and O–H groups in total. The number of carbonyl (C=O) groups is 1. The van der Waals surface area contributed by atoms with Crippen LogP contribution >= 0.6 is 0 Å². The third-order valence-electron chi connectivity index (χ3n) is 5.68. The van der Waals surface area contributed by atoms with E-state index in [0.29, 0.717) is 0 Å². The van der Waals surface area contributed by atoms with Gasteiger partial charge in [0.05, 0.1) is 5.54 Å². The van der Waals surface area contributed by atoms with Gasteiger partial charge in [-0.2, -0.15) is 0 Å². The standard InChI is InChI=1S/C19H30N4O/c1-21-19(9-7-17(20)8-10-19)18(24)23-13-11-22(12-14-23)15-16-5-3-2-4-6-16/h2-6,17,21H,7-15,20H2,1H3. The van der Waals surface area contributed by atoms with Crippen molar-refractivity contribution in [3.8, 4) is 0 Å². The predicted molar refractivity (Wildman–Crippen MR) is 96.5 cm³/mol. The topological polar surface area (TPSA) is 61.6 Å². The fraction of sp³-hybridized carbons (Fsp3) is 0.632. The van der Waals surface area contributed by atoms with Crippen LogP contribution < -0.4 is 11.1 Å². The number of benzene rings is 1. The summed E-state index contributed by atoms with van der Waals surface area (Å²) in [5.41, 5.74) is 6.97. The lowest BCUT2D eigenvalue weighted by Gasteiger charge is -2.43. The third kappa shape index (κ3) is 3.79. The maximum Gasteiger partial charge on any atom is 0.242 e. The average Bonchev–Trinajstić information content (AvgIpc) is 2.64. The van der Waals surface area contributed by atoms with Gasteiger partial charge in [-0.25, -0.2) is 0 Å². The van der Waals surface area contributed by atoms with Gasteiger partial charge < -0.3 is 16.0 Å². The molecule has 0 unspecified atom stereocenters. The molecule has 3 rings (SSSR count). The van der Waals surface area contributed by atoms with Gasteiger partial charge >= 0.3 is 0 Å². The predicted octanol–water partition coefficient (Wildman–Crippen LogP) is 1.19. The minimum atomic E-state index is -0.391. The van der Waals surface area contributed by atoms with E-state index in [1.807, 2.05) is 13.1 Å². The van der Waals surface area contributed by atoms with Crippen molar-refractivity contribution in [3.63, 3.8) is 0 Å². The maximum atomic E-state index is 13.1. The largest absolute Gasteiger partial charge is 0.339 e. The number of likely N-dealkylation sites (N-methyl/N-ethyl adjacent to an activating group) is 1. The van der Waals surface area contributed by atoms with Crippen molar-refractivity contribution in [2.45, 2.75) is 43.8 Å². The molecule has 1 aromatic rings. The first-order valence-corrected chi connectivity index (χ1v) is 9.13. The summed E-state index contributed by atoms with van der Waals surface area (Å²) in [7, 11) is 1.92. The Morgan fingerprint density at radius 1 is 1.17 bits per heavy atom. The Hall–Kier alpha value is -1.43. The summed E-state index contributed by atoms with van der Waals surface area (Å²) in [6.07, 6.45) is 3.57. The zero-order valence-electron chi connectivity index (χ0n) is 14.7. The number of piperazine rings is 1. The molecule has 0 aromatic heterocycles. The van der Waals surface area contributed by atoms with Crippen LogP contribution in [0.2, 0.25) is 0 Å². The van der Waals surface area contributed by atoms with E-state index in [4.69, 9.17) is 5.73 Å². The molecule has 0 bridgehead atoms. The molecule has 0 spiro atoms. The van der Waals surface area contributed by atoms with E-state index in [9.17, 15) is 4.79 Å². The molecule has 1 aromatic carbocycles. The lowest BCUT2D eigenvalue weighted by Crippen LogP contribution is -2.62. The molecule has 5 nitrogen and oxygen atoms in total. The number of hydrogen-bond acceptors (Lipinski definition) is 4. The summed E-state index contributed by atoms with van der Waals surface area (Å²) in [5, 5.41) is 3.33. The first kappa shape index (κ1) is 17.4. The lowest BCUT2D eigenvalue weighted by atomic mass is 9.78. The van der Waals surface area contributed by atoms with Crippen molar-refractivity contribution < 1.29 is 4.79 Å². The Bertz CT molecular complexity index is 532. The zero-order valence-corrected chi connectivity index (χ0v) is 14.7. The fourth-order valence-electron chi connectivity index (χ4n) is 3.96. The van der Waals surface area contributed by atoms with Crippen LogP contribution in [0, 0.1) is 0 Å². The molecule has 5 heteroatoms. The molecular formula is C19H30N4O. The number of rotatable bonds is 4. The Balaban J connectivity index is 1.55. The van der Waals surface area contributed by atoms with E-state index < -0.39 is 5.54 Å². The highest BCUT2D eigenvalue weighted by atomic mass is 16.2. The van der Waals surface area contributed by atoms with Crippen LogP contribution in [0.15, 0.2) is 30.3 Å². The number of nitrogens with two attached hydrogens (primary N) is 1. The van der Waals surface area contributed by atoms with Crippen LogP contribution in [0.5, 0.6) is 0 Å². The van der Waals surface area contributed by atoms with E-state index in [0.717, 1.165) is 58.4 Å². The summed E-state index contributed by atoms with van der Waals surface area (Å²) < 4.78 is 0. The fourth-order valence-corrected chi connectivity index (χ4v) is 3.96. The molecule has 1 saturated carbocycles. The van der Waals surface area contributed by atoms with Gasteiger partial charge in [0.1, 0.15) is 0 Å². The molecule has 0 radical (unpaired) electrons. The van der Waals surface area contributed by atoms with Crippen LogP contribution in [-0.2, 0) is 11.3 Å². The van der Waals surface area contributed by atoms with Crippen LogP contribution in [0.25, 0.3) is 0 Å². The van der Waals surface area contributed by atoms with Gasteiger partial charge in [-0.05, 0) is 38.3 Å². The van der Waals surface area contributed by atoms with E-state index in [-0.39, 0.29) is 11.9 Å². The highest BCUT2D eigenvalue weighted by Crippen LogP contribution is 2.29. The van der Waals surface area contributed by atoms with Gasteiger partial charge in [-0.3, -0.25) is 9.69 Å². The van der Waals surface area contributed by atoms with Crippen LogP contribution in [0.3, 0.4) is 0 Å². The monoisotopic (exact) mass is 330 g/mol. The average molecular weight is 330 g/mol. The van der Waals surface area contributed by atoms with Gasteiger partial charge in [0.15, 0.2) is 0 Å². The summed E-state index contributed by atoms with van der Waals surface area (Å²) in [6, 6.07) is 10.8. The van der Waals surface area contributed by atoms with Gasteiger partial charge in [-0.15, -0.1) is 0 Å². The molecule has 24 heavy (non-hydrogen) atoms. The quantitative estimate of drug-likeness (QED) is 0.871. The number of nitrogens with zero attached hydrogens (tertiary/aromatic N) is 2. The molecule has 132 valence electrons. The molecule has 0 atom stereocenters. The molecule has 2 aliphatic rings. The molecule has 2 fully saturated rings. The summed E-state index contributed by atoms with van der Waals surface area (Å²) in [5.74, 6) is 0.274. The highest BCUT2D eigenvalue weighted by Gasteiger charge is 2.42. The minimum Gasteiger partial charge on any atom is -0.339 e.